The fourth-order valence-electron chi connectivity index (χ4n) is 2.12. The highest BCUT2D eigenvalue weighted by molar-refractivity contribution is 5.57. The van der Waals surface area contributed by atoms with E-state index in [9.17, 15) is 13.2 Å². The first kappa shape index (κ1) is 12.3. The molecule has 1 heterocycles. The highest BCUT2D eigenvalue weighted by atomic mass is 19.4. The number of hydrogen-bond acceptors (Lipinski definition) is 1. The van der Waals surface area contributed by atoms with E-state index in [0.717, 1.165) is 17.3 Å². The summed E-state index contributed by atoms with van der Waals surface area (Å²) in [4.78, 5) is 0. The summed E-state index contributed by atoms with van der Waals surface area (Å²) in [5, 5.41) is 3.30. The summed E-state index contributed by atoms with van der Waals surface area (Å²) in [5.74, 6) is 0.304. The van der Waals surface area contributed by atoms with E-state index in [1.165, 1.54) is 12.1 Å². The van der Waals surface area contributed by atoms with Crippen LogP contribution in [0, 0.1) is 5.92 Å². The molecule has 4 heteroatoms. The first-order chi connectivity index (χ1) is 7.70. The second-order valence-electron chi connectivity index (χ2n) is 5.32. The molecule has 94 valence electrons. The highest BCUT2D eigenvalue weighted by Gasteiger charge is 2.35. The summed E-state index contributed by atoms with van der Waals surface area (Å²) in [6.07, 6.45) is -3.58. The third kappa shape index (κ3) is 2.26. The minimum Gasteiger partial charge on any atom is -0.380 e. The monoisotopic (exact) mass is 243 g/mol. The molecule has 1 nitrogen and oxygen atoms in total. The predicted octanol–water partition coefficient (Wildman–Crippen LogP) is 4.09. The van der Waals surface area contributed by atoms with Crippen molar-refractivity contribution in [3.05, 3.63) is 29.3 Å². The molecule has 1 aromatic rings. The van der Waals surface area contributed by atoms with Crippen LogP contribution in [0.3, 0.4) is 0 Å². The van der Waals surface area contributed by atoms with Gasteiger partial charge in [-0.25, -0.2) is 0 Å². The molecular weight excluding hydrogens is 227 g/mol. The molecule has 0 aromatic heterocycles. The molecule has 0 saturated heterocycles. The second kappa shape index (κ2) is 3.65. The lowest BCUT2D eigenvalue weighted by atomic mass is 9.79. The quantitative estimate of drug-likeness (QED) is 0.723. The van der Waals surface area contributed by atoms with Gasteiger partial charge in [-0.05, 0) is 49.9 Å². The third-order valence-corrected chi connectivity index (χ3v) is 3.65. The predicted molar refractivity (Wildman–Crippen MR) is 62.0 cm³/mol. The summed E-state index contributed by atoms with van der Waals surface area (Å²) >= 11 is 0. The standard InChI is InChI=1S/C13H16F3N/c1-8-6-9-7-10(13(14,15)16)4-5-11(9)17-12(8,2)3/h4-5,7-8,17H,6H2,1-3H3. The second-order valence-corrected chi connectivity index (χ2v) is 5.32. The molecule has 2 rings (SSSR count). The number of anilines is 1. The Bertz CT molecular complexity index is 435. The zero-order valence-corrected chi connectivity index (χ0v) is 10.2. The van der Waals surface area contributed by atoms with Crippen LogP contribution >= 0.6 is 0 Å². The first-order valence-electron chi connectivity index (χ1n) is 5.68. The van der Waals surface area contributed by atoms with Crippen LogP contribution in [0.2, 0.25) is 0 Å². The average Bonchev–Trinajstić information content (AvgIpc) is 2.17. The minimum atomic E-state index is -4.26. The Morgan fingerprint density at radius 1 is 1.29 bits per heavy atom. The summed E-state index contributed by atoms with van der Waals surface area (Å²) in [5.41, 5.74) is 0.935. The fraction of sp³-hybridized carbons (Fsp3) is 0.538. The van der Waals surface area contributed by atoms with Crippen molar-refractivity contribution in [2.24, 2.45) is 5.92 Å². The van der Waals surface area contributed by atoms with E-state index in [2.05, 4.69) is 26.1 Å². The molecule has 1 aliphatic rings. The third-order valence-electron chi connectivity index (χ3n) is 3.65. The van der Waals surface area contributed by atoms with Crippen LogP contribution in [0.25, 0.3) is 0 Å². The molecule has 1 unspecified atom stereocenters. The van der Waals surface area contributed by atoms with Crippen LogP contribution in [-0.4, -0.2) is 5.54 Å². The van der Waals surface area contributed by atoms with Crippen LogP contribution in [0.4, 0.5) is 18.9 Å². The Hall–Kier alpha value is -1.19. The molecular formula is C13H16F3N. The summed E-state index contributed by atoms with van der Waals surface area (Å²) < 4.78 is 37.8. The van der Waals surface area contributed by atoms with Crippen molar-refractivity contribution in [3.8, 4) is 0 Å². The average molecular weight is 243 g/mol. The Labute approximate surface area is 99.0 Å². The number of rotatable bonds is 0. The largest absolute Gasteiger partial charge is 0.416 e. The molecule has 1 N–H and O–H groups in total. The number of hydrogen-bond donors (Lipinski definition) is 1. The maximum atomic E-state index is 12.6. The normalized spacial score (nSPS) is 22.8. The van der Waals surface area contributed by atoms with E-state index < -0.39 is 11.7 Å². The fourth-order valence-corrected chi connectivity index (χ4v) is 2.12. The highest BCUT2D eigenvalue weighted by Crippen LogP contribution is 2.38. The van der Waals surface area contributed by atoms with Crippen molar-refractivity contribution in [2.75, 3.05) is 5.32 Å². The maximum absolute atomic E-state index is 12.6. The van der Waals surface area contributed by atoms with E-state index in [4.69, 9.17) is 0 Å². The lowest BCUT2D eigenvalue weighted by Crippen LogP contribution is -2.42. The van der Waals surface area contributed by atoms with Gasteiger partial charge in [-0.2, -0.15) is 13.2 Å². The summed E-state index contributed by atoms with van der Waals surface area (Å²) in [7, 11) is 0. The van der Waals surface area contributed by atoms with Crippen molar-refractivity contribution >= 4 is 5.69 Å². The van der Waals surface area contributed by atoms with Gasteiger partial charge in [-0.15, -0.1) is 0 Å². The van der Waals surface area contributed by atoms with Gasteiger partial charge in [0, 0.05) is 11.2 Å². The van der Waals surface area contributed by atoms with Crippen LogP contribution in [0.5, 0.6) is 0 Å². The number of nitrogens with one attached hydrogen (secondary N) is 1. The van der Waals surface area contributed by atoms with Crippen molar-refractivity contribution in [1.29, 1.82) is 0 Å². The van der Waals surface area contributed by atoms with E-state index in [-0.39, 0.29) is 5.54 Å². The smallest absolute Gasteiger partial charge is 0.380 e. The number of fused-ring (bicyclic) bond motifs is 1. The molecule has 17 heavy (non-hydrogen) atoms. The van der Waals surface area contributed by atoms with E-state index in [1.807, 2.05) is 0 Å². The van der Waals surface area contributed by atoms with Gasteiger partial charge in [-0.3, -0.25) is 0 Å². The van der Waals surface area contributed by atoms with E-state index in [0.29, 0.717) is 12.3 Å². The van der Waals surface area contributed by atoms with Crippen LogP contribution in [0.15, 0.2) is 18.2 Å². The molecule has 0 aliphatic carbocycles. The molecule has 0 radical (unpaired) electrons. The van der Waals surface area contributed by atoms with Gasteiger partial charge in [0.15, 0.2) is 0 Å². The zero-order chi connectivity index (χ0) is 12.8. The lowest BCUT2D eigenvalue weighted by molar-refractivity contribution is -0.137. The van der Waals surface area contributed by atoms with Crippen molar-refractivity contribution in [3.63, 3.8) is 0 Å². The zero-order valence-electron chi connectivity index (χ0n) is 10.2. The Balaban J connectivity index is 2.40. The Morgan fingerprint density at radius 3 is 2.53 bits per heavy atom. The Kier molecular flexibility index (Phi) is 2.64. The van der Waals surface area contributed by atoms with Gasteiger partial charge in [-0.1, -0.05) is 6.92 Å². The molecule has 0 bridgehead atoms. The van der Waals surface area contributed by atoms with Gasteiger partial charge in [0.05, 0.1) is 5.56 Å². The van der Waals surface area contributed by atoms with E-state index >= 15 is 0 Å². The number of halogens is 3. The summed E-state index contributed by atoms with van der Waals surface area (Å²) in [6, 6.07) is 3.93. The molecule has 1 atom stereocenters. The molecule has 1 aliphatic heterocycles. The summed E-state index contributed by atoms with van der Waals surface area (Å²) in [6.45, 7) is 6.19. The van der Waals surface area contributed by atoms with Crippen LogP contribution in [0.1, 0.15) is 31.9 Å². The van der Waals surface area contributed by atoms with Crippen LogP contribution < -0.4 is 5.32 Å². The minimum absolute atomic E-state index is 0.0766. The number of alkyl halides is 3. The lowest BCUT2D eigenvalue weighted by Gasteiger charge is -2.39. The maximum Gasteiger partial charge on any atom is 0.416 e. The van der Waals surface area contributed by atoms with E-state index in [1.54, 1.807) is 0 Å². The van der Waals surface area contributed by atoms with Gasteiger partial charge in [0.1, 0.15) is 0 Å². The van der Waals surface area contributed by atoms with Crippen molar-refractivity contribution < 1.29 is 13.2 Å². The molecule has 0 fully saturated rings. The molecule has 0 amide bonds. The van der Waals surface area contributed by atoms with Gasteiger partial charge >= 0.3 is 6.18 Å². The van der Waals surface area contributed by atoms with Crippen molar-refractivity contribution in [2.45, 2.75) is 38.9 Å². The van der Waals surface area contributed by atoms with Crippen molar-refractivity contribution in [1.82, 2.24) is 0 Å². The Morgan fingerprint density at radius 2 is 1.94 bits per heavy atom. The van der Waals surface area contributed by atoms with Gasteiger partial charge in [0.2, 0.25) is 0 Å². The first-order valence-corrected chi connectivity index (χ1v) is 5.68. The van der Waals surface area contributed by atoms with Gasteiger partial charge in [0.25, 0.3) is 0 Å². The van der Waals surface area contributed by atoms with Crippen LogP contribution in [-0.2, 0) is 12.6 Å². The molecule has 0 saturated carbocycles. The number of benzene rings is 1. The molecule has 0 spiro atoms. The molecule has 1 aromatic carbocycles. The van der Waals surface area contributed by atoms with Gasteiger partial charge < -0.3 is 5.32 Å². The topological polar surface area (TPSA) is 12.0 Å². The SMILES string of the molecule is CC1Cc2cc(C(F)(F)F)ccc2NC1(C)C.